The largest absolute Gasteiger partial charge is 0.387 e. The first kappa shape index (κ1) is 50.8. The quantitative estimate of drug-likeness (QED) is 0.0684. The number of aliphatic hydroxyl groups is 11. The summed E-state index contributed by atoms with van der Waals surface area (Å²) >= 11 is 0. The predicted octanol–water partition coefficient (Wildman–Crippen LogP) is -9.00. The maximum absolute atomic E-state index is 11.7. The first-order valence-electron chi connectivity index (χ1n) is 22.1. The first-order valence-corrected chi connectivity index (χ1v) is 22.1. The molecule has 9 saturated heterocycles. The summed E-state index contributed by atoms with van der Waals surface area (Å²) in [6.45, 7) is -0.858. The van der Waals surface area contributed by atoms with E-state index >= 15 is 0 Å². The second-order valence-corrected chi connectivity index (χ2v) is 17.9. The summed E-state index contributed by atoms with van der Waals surface area (Å²) in [6.07, 6.45) is -41.6. The molecule has 11 N–H and O–H groups in total. The lowest BCUT2D eigenvalue weighted by atomic mass is 9.96. The smallest absolute Gasteiger partial charge is 0.187 e. The summed E-state index contributed by atoms with van der Waals surface area (Å²) in [5.74, 6) is 0. The van der Waals surface area contributed by atoms with E-state index < -0.39 is 184 Å². The van der Waals surface area contributed by atoms with E-state index in [1.54, 1.807) is 0 Å². The summed E-state index contributed by atoms with van der Waals surface area (Å²) < 4.78 is 97.5. The first-order chi connectivity index (χ1) is 32.1. The van der Waals surface area contributed by atoms with E-state index in [1.807, 2.05) is 0 Å². The molecule has 0 aromatic heterocycles. The predicted molar refractivity (Wildman–Crippen MR) is 203 cm³/mol. The number of hydrogen-bond acceptors (Lipinski definition) is 28. The fourth-order valence-electron chi connectivity index (χ4n) is 10.1. The van der Waals surface area contributed by atoms with E-state index in [9.17, 15) is 56.2 Å². The van der Waals surface area contributed by atoms with Gasteiger partial charge in [0.05, 0.1) is 39.6 Å². The molecule has 9 rings (SSSR count). The Hall–Kier alpha value is -1.12. The van der Waals surface area contributed by atoms with Crippen LogP contribution in [-0.4, -0.2) is 301 Å². The number of fused-ring (bicyclic) bond motifs is 6. The average molecular weight is 979 g/mol. The topological polar surface area (TPSA) is 379 Å². The van der Waals surface area contributed by atoms with Crippen LogP contribution in [0, 0.1) is 0 Å². The van der Waals surface area contributed by atoms with Gasteiger partial charge in [-0.05, 0) is 0 Å². The molecule has 0 amide bonds. The summed E-state index contributed by atoms with van der Waals surface area (Å²) in [6, 6.07) is 0. The van der Waals surface area contributed by atoms with E-state index in [-0.39, 0.29) is 39.6 Å². The van der Waals surface area contributed by atoms with Crippen LogP contribution in [-0.2, 0) is 80.5 Å². The van der Waals surface area contributed by atoms with Gasteiger partial charge in [0, 0.05) is 21.3 Å². The van der Waals surface area contributed by atoms with Gasteiger partial charge in [0.2, 0.25) is 0 Å². The molecule has 0 aliphatic carbocycles. The van der Waals surface area contributed by atoms with Crippen LogP contribution in [0.25, 0.3) is 0 Å². The third-order valence-corrected chi connectivity index (χ3v) is 13.6. The van der Waals surface area contributed by atoms with Crippen molar-refractivity contribution in [1.29, 1.82) is 0 Å². The number of rotatable bonds is 16. The fourth-order valence-corrected chi connectivity index (χ4v) is 10.1. The van der Waals surface area contributed by atoms with Crippen LogP contribution in [0.15, 0.2) is 0 Å². The van der Waals surface area contributed by atoms with Crippen LogP contribution in [0.3, 0.4) is 0 Å². The van der Waals surface area contributed by atoms with Crippen LogP contribution in [0.5, 0.6) is 0 Å². The van der Waals surface area contributed by atoms with Gasteiger partial charge in [0.15, 0.2) is 37.7 Å². The molecule has 0 spiro atoms. The van der Waals surface area contributed by atoms with Crippen molar-refractivity contribution in [2.75, 3.05) is 61.0 Å². The molecule has 9 aliphatic heterocycles. The van der Waals surface area contributed by atoms with Crippen molar-refractivity contribution < 1.29 is 137 Å². The van der Waals surface area contributed by atoms with Gasteiger partial charge >= 0.3 is 0 Å². The van der Waals surface area contributed by atoms with Gasteiger partial charge in [-0.15, -0.1) is 0 Å². The van der Waals surface area contributed by atoms with Crippen molar-refractivity contribution in [2.45, 2.75) is 184 Å². The average Bonchev–Trinajstić information content (AvgIpc) is 3.89. The maximum Gasteiger partial charge on any atom is 0.187 e. The molecule has 0 unspecified atom stereocenters. The number of aliphatic hydroxyl groups excluding tert-OH is 11. The second kappa shape index (κ2) is 21.2. The Balaban J connectivity index is 0.842. The van der Waals surface area contributed by atoms with Gasteiger partial charge in [-0.25, -0.2) is 0 Å². The Morgan fingerprint density at radius 2 is 0.657 bits per heavy atom. The van der Waals surface area contributed by atoms with Crippen LogP contribution in [0.1, 0.15) is 0 Å². The molecule has 9 heterocycles. The highest BCUT2D eigenvalue weighted by Gasteiger charge is 2.61. The molecular weight excluding hydrogens is 916 g/mol. The summed E-state index contributed by atoms with van der Waals surface area (Å²) in [7, 11) is 4.05. The Morgan fingerprint density at radius 1 is 0.328 bits per heavy atom. The normalized spacial score (nSPS) is 55.3. The molecule has 0 aromatic carbocycles. The standard InChI is InChI=1S/C39H62O28/c1-51-4-10-17(41)29(20(44)34(50)57-10)65-38-24(48)32-26(14(61-38)8-55-32)63-37-23(47)31(19(43)12(59-37)6-53-3)67-39-25(49)33-27(15(62-39)9-56-33)64-36-22(46)30(18(42)11(58-36)5-52-2)66-35-21(45)28-16(40)13(60-35)7-54-28/h10-50H,4-9H2,1-3H3/t10-,11-,12-,13+,14+,15+,16-,17+,18+,19+,20-,21+,22-,23-,24+,25+,26-,27-,28-,29+,30+,31+,32+,33+,34-,35+,36+,37+,38+,39+/m1/s1. The minimum absolute atomic E-state index is 0.0108. The Morgan fingerprint density at radius 3 is 1.09 bits per heavy atom. The minimum Gasteiger partial charge on any atom is -0.387 e. The Bertz CT molecular complexity index is 1610. The molecule has 9 fully saturated rings. The molecule has 9 aliphatic rings. The van der Waals surface area contributed by atoms with E-state index in [4.69, 9.17) is 80.5 Å². The Labute approximate surface area is 381 Å². The Kier molecular flexibility index (Phi) is 16.0. The molecule has 6 bridgehead atoms. The second-order valence-electron chi connectivity index (χ2n) is 17.9. The van der Waals surface area contributed by atoms with Gasteiger partial charge in [-0.2, -0.15) is 0 Å². The van der Waals surface area contributed by atoms with Crippen molar-refractivity contribution in [3.8, 4) is 0 Å². The summed E-state index contributed by atoms with van der Waals surface area (Å²) in [5, 5.41) is 121. The minimum atomic E-state index is -1.80. The lowest BCUT2D eigenvalue weighted by Crippen LogP contribution is -2.66. The van der Waals surface area contributed by atoms with Crippen molar-refractivity contribution in [3.05, 3.63) is 0 Å². The maximum atomic E-state index is 11.7. The van der Waals surface area contributed by atoms with Crippen LogP contribution < -0.4 is 0 Å². The van der Waals surface area contributed by atoms with Gasteiger partial charge in [0.25, 0.3) is 0 Å². The van der Waals surface area contributed by atoms with E-state index in [1.165, 1.54) is 21.3 Å². The third-order valence-electron chi connectivity index (χ3n) is 13.6. The molecule has 0 saturated carbocycles. The van der Waals surface area contributed by atoms with Crippen molar-refractivity contribution in [2.24, 2.45) is 0 Å². The highest BCUT2D eigenvalue weighted by atomic mass is 16.8. The summed E-state index contributed by atoms with van der Waals surface area (Å²) in [5.41, 5.74) is 0. The van der Waals surface area contributed by atoms with Gasteiger partial charge in [-0.3, -0.25) is 0 Å². The number of ether oxygens (including phenoxy) is 17. The number of methoxy groups -OCH3 is 3. The van der Waals surface area contributed by atoms with Gasteiger partial charge in [-0.1, -0.05) is 0 Å². The van der Waals surface area contributed by atoms with E-state index in [0.29, 0.717) is 0 Å². The van der Waals surface area contributed by atoms with Gasteiger partial charge < -0.3 is 137 Å². The monoisotopic (exact) mass is 978 g/mol. The van der Waals surface area contributed by atoms with Crippen molar-refractivity contribution >= 4 is 0 Å². The molecule has 30 atom stereocenters. The van der Waals surface area contributed by atoms with Crippen LogP contribution in [0.2, 0.25) is 0 Å². The lowest BCUT2D eigenvalue weighted by molar-refractivity contribution is -0.381. The summed E-state index contributed by atoms with van der Waals surface area (Å²) in [4.78, 5) is 0. The van der Waals surface area contributed by atoms with Crippen LogP contribution in [0.4, 0.5) is 0 Å². The highest BCUT2D eigenvalue weighted by Crippen LogP contribution is 2.41. The van der Waals surface area contributed by atoms with E-state index in [2.05, 4.69) is 0 Å². The molecule has 67 heavy (non-hydrogen) atoms. The van der Waals surface area contributed by atoms with Crippen molar-refractivity contribution in [1.82, 2.24) is 0 Å². The van der Waals surface area contributed by atoms with Crippen molar-refractivity contribution in [3.63, 3.8) is 0 Å². The molecular formula is C39H62O28. The molecule has 0 radical (unpaired) electrons. The zero-order valence-electron chi connectivity index (χ0n) is 36.4. The molecule has 386 valence electrons. The third kappa shape index (κ3) is 9.67. The van der Waals surface area contributed by atoms with Crippen LogP contribution >= 0.6 is 0 Å². The SMILES string of the molecule is COC[C@H]1O[C@@H](O)[C@H](O)[C@@H](O[C@@H]2O[C@H]3CO[C@@H]([C@@H]2O)[C@@H]3O[C@@H]2O[C@H](COC)[C@H](O)[C@H](O[C@@H]3O[C@H]4CO[C@@H]([C@@H]3O)[C@@H]4O[C@@H]3O[C@H](COC)[C@H](O)[C@H](O[C@@H]4O[C@H]5CO[C@@H]([C@@H]4O)[C@@H]5O)[C@H]3O)[C@H]2O)[C@H]1O. The zero-order chi connectivity index (χ0) is 47.6. The lowest BCUT2D eigenvalue weighted by Gasteiger charge is -2.48. The highest BCUT2D eigenvalue weighted by molar-refractivity contribution is 5.03. The van der Waals surface area contributed by atoms with Gasteiger partial charge in [0.1, 0.15) is 146 Å². The number of hydrogen-bond donors (Lipinski definition) is 11. The molecule has 28 heteroatoms. The van der Waals surface area contributed by atoms with E-state index in [0.717, 1.165) is 0 Å². The molecule has 0 aromatic rings. The zero-order valence-corrected chi connectivity index (χ0v) is 36.4. The molecule has 28 nitrogen and oxygen atoms in total. The fraction of sp³-hybridized carbons (Fsp3) is 1.00.